The van der Waals surface area contributed by atoms with E-state index < -0.39 is 0 Å². The van der Waals surface area contributed by atoms with E-state index in [1.54, 1.807) is 7.11 Å². The molecule has 0 saturated carbocycles. The fourth-order valence-electron chi connectivity index (χ4n) is 2.82. The Balaban J connectivity index is 2.09. The summed E-state index contributed by atoms with van der Waals surface area (Å²) in [5.41, 5.74) is 1.79. The standard InChI is InChI=1S/C16H23N3O/c1-3-19(15-5-4-8-18-11-15)12-13-6-7-16(20-2)14(9-13)10-17/h6-7,9,15,18H,3-5,8,11-12H2,1-2H3. The minimum Gasteiger partial charge on any atom is -0.495 e. The van der Waals surface area contributed by atoms with Crippen molar-refractivity contribution in [3.8, 4) is 11.8 Å². The molecular weight excluding hydrogens is 250 g/mol. The lowest BCUT2D eigenvalue weighted by Gasteiger charge is -2.34. The number of likely N-dealkylation sites (N-methyl/N-ethyl adjacent to an activating group) is 1. The molecule has 1 N–H and O–H groups in total. The van der Waals surface area contributed by atoms with Gasteiger partial charge in [0.05, 0.1) is 12.7 Å². The molecule has 1 unspecified atom stereocenters. The van der Waals surface area contributed by atoms with Gasteiger partial charge in [-0.2, -0.15) is 5.26 Å². The maximum atomic E-state index is 9.16. The fourth-order valence-corrected chi connectivity index (χ4v) is 2.82. The smallest absolute Gasteiger partial charge is 0.136 e. The molecule has 0 bridgehead atoms. The van der Waals surface area contributed by atoms with Crippen LogP contribution in [-0.4, -0.2) is 37.7 Å². The first-order chi connectivity index (χ1) is 9.78. The Kier molecular flexibility index (Phi) is 5.40. The highest BCUT2D eigenvalue weighted by Gasteiger charge is 2.19. The van der Waals surface area contributed by atoms with Gasteiger partial charge in [-0.05, 0) is 43.6 Å². The van der Waals surface area contributed by atoms with Crippen molar-refractivity contribution in [2.75, 3.05) is 26.7 Å². The van der Waals surface area contributed by atoms with Crippen molar-refractivity contribution in [2.45, 2.75) is 32.4 Å². The molecule has 20 heavy (non-hydrogen) atoms. The summed E-state index contributed by atoms with van der Waals surface area (Å²) in [5, 5.41) is 12.6. The van der Waals surface area contributed by atoms with Crippen molar-refractivity contribution in [1.29, 1.82) is 5.26 Å². The molecule has 0 amide bonds. The predicted molar refractivity (Wildman–Crippen MR) is 79.7 cm³/mol. The topological polar surface area (TPSA) is 48.3 Å². The third-order valence-corrected chi connectivity index (χ3v) is 3.96. The molecule has 2 rings (SSSR count). The molecule has 1 saturated heterocycles. The van der Waals surface area contributed by atoms with E-state index in [-0.39, 0.29) is 0 Å². The second-order valence-corrected chi connectivity index (χ2v) is 5.21. The third kappa shape index (κ3) is 3.50. The van der Waals surface area contributed by atoms with Gasteiger partial charge in [0, 0.05) is 19.1 Å². The maximum absolute atomic E-state index is 9.16. The number of ether oxygens (including phenoxy) is 1. The fraction of sp³-hybridized carbons (Fsp3) is 0.562. The highest BCUT2D eigenvalue weighted by atomic mass is 16.5. The number of nitrogens with one attached hydrogen (secondary N) is 1. The first kappa shape index (κ1) is 14.8. The summed E-state index contributed by atoms with van der Waals surface area (Å²) in [6, 6.07) is 8.69. The number of benzene rings is 1. The van der Waals surface area contributed by atoms with Crippen molar-refractivity contribution < 1.29 is 4.74 Å². The van der Waals surface area contributed by atoms with Crippen LogP contribution in [0, 0.1) is 11.3 Å². The molecule has 1 atom stereocenters. The van der Waals surface area contributed by atoms with Crippen LogP contribution in [0.5, 0.6) is 5.75 Å². The Morgan fingerprint density at radius 1 is 1.50 bits per heavy atom. The zero-order chi connectivity index (χ0) is 14.4. The van der Waals surface area contributed by atoms with Gasteiger partial charge in [-0.15, -0.1) is 0 Å². The largest absolute Gasteiger partial charge is 0.495 e. The monoisotopic (exact) mass is 273 g/mol. The second-order valence-electron chi connectivity index (χ2n) is 5.21. The average molecular weight is 273 g/mol. The molecule has 0 aliphatic carbocycles. The number of hydrogen-bond acceptors (Lipinski definition) is 4. The van der Waals surface area contributed by atoms with Gasteiger partial charge >= 0.3 is 0 Å². The Morgan fingerprint density at radius 2 is 2.35 bits per heavy atom. The summed E-state index contributed by atoms with van der Waals surface area (Å²) in [5.74, 6) is 0.652. The summed E-state index contributed by atoms with van der Waals surface area (Å²) in [6.45, 7) is 6.31. The van der Waals surface area contributed by atoms with Crippen molar-refractivity contribution in [3.63, 3.8) is 0 Å². The van der Waals surface area contributed by atoms with E-state index in [4.69, 9.17) is 10.00 Å². The Hall–Kier alpha value is -1.57. The second kappa shape index (κ2) is 7.28. The molecule has 1 aromatic rings. The van der Waals surface area contributed by atoms with E-state index in [2.05, 4.69) is 29.3 Å². The Labute approximate surface area is 121 Å². The van der Waals surface area contributed by atoms with E-state index in [9.17, 15) is 0 Å². The molecule has 1 aliphatic heterocycles. The average Bonchev–Trinajstić information content (AvgIpc) is 2.53. The van der Waals surface area contributed by atoms with Gasteiger partial charge in [-0.1, -0.05) is 13.0 Å². The van der Waals surface area contributed by atoms with Crippen LogP contribution in [0.25, 0.3) is 0 Å². The Bertz CT molecular complexity index is 475. The summed E-state index contributed by atoms with van der Waals surface area (Å²) in [4.78, 5) is 2.48. The van der Waals surface area contributed by atoms with Crippen LogP contribution in [0.2, 0.25) is 0 Å². The van der Waals surface area contributed by atoms with Crippen molar-refractivity contribution in [3.05, 3.63) is 29.3 Å². The van der Waals surface area contributed by atoms with Crippen molar-refractivity contribution in [2.24, 2.45) is 0 Å². The number of nitrogens with zero attached hydrogens (tertiary/aromatic N) is 2. The first-order valence-electron chi connectivity index (χ1n) is 7.30. The SMILES string of the molecule is CCN(Cc1ccc(OC)c(C#N)c1)C1CCCNC1. The molecule has 0 aromatic heterocycles. The lowest BCUT2D eigenvalue weighted by atomic mass is 10.0. The van der Waals surface area contributed by atoms with Crippen LogP contribution in [-0.2, 0) is 6.54 Å². The van der Waals surface area contributed by atoms with Crippen molar-refractivity contribution in [1.82, 2.24) is 10.2 Å². The van der Waals surface area contributed by atoms with Crippen LogP contribution < -0.4 is 10.1 Å². The van der Waals surface area contributed by atoms with E-state index in [1.165, 1.54) is 18.4 Å². The summed E-state index contributed by atoms with van der Waals surface area (Å²) >= 11 is 0. The van der Waals surface area contributed by atoms with Crippen LogP contribution in [0.15, 0.2) is 18.2 Å². The van der Waals surface area contributed by atoms with Crippen LogP contribution >= 0.6 is 0 Å². The van der Waals surface area contributed by atoms with Gasteiger partial charge in [-0.3, -0.25) is 4.90 Å². The zero-order valence-corrected chi connectivity index (χ0v) is 12.4. The predicted octanol–water partition coefficient (Wildman–Crippen LogP) is 2.14. The van der Waals surface area contributed by atoms with Crippen LogP contribution in [0.4, 0.5) is 0 Å². The highest BCUT2D eigenvalue weighted by Crippen LogP contribution is 2.21. The minimum absolute atomic E-state index is 0.599. The van der Waals surface area contributed by atoms with E-state index in [1.807, 2.05) is 12.1 Å². The molecular formula is C16H23N3O. The normalized spacial score (nSPS) is 18.8. The molecule has 4 nitrogen and oxygen atoms in total. The molecule has 4 heteroatoms. The number of hydrogen-bond donors (Lipinski definition) is 1. The third-order valence-electron chi connectivity index (χ3n) is 3.96. The first-order valence-corrected chi connectivity index (χ1v) is 7.30. The number of methoxy groups -OCH3 is 1. The minimum atomic E-state index is 0.599. The van der Waals surface area contributed by atoms with E-state index in [0.29, 0.717) is 17.4 Å². The quantitative estimate of drug-likeness (QED) is 0.893. The lowest BCUT2D eigenvalue weighted by Crippen LogP contribution is -2.45. The van der Waals surface area contributed by atoms with Gasteiger partial charge in [-0.25, -0.2) is 0 Å². The van der Waals surface area contributed by atoms with Crippen LogP contribution in [0.3, 0.4) is 0 Å². The summed E-state index contributed by atoms with van der Waals surface area (Å²) in [6.07, 6.45) is 2.50. The summed E-state index contributed by atoms with van der Waals surface area (Å²) in [7, 11) is 1.60. The van der Waals surface area contributed by atoms with Gasteiger partial charge in [0.25, 0.3) is 0 Å². The van der Waals surface area contributed by atoms with E-state index >= 15 is 0 Å². The molecule has 108 valence electrons. The van der Waals surface area contributed by atoms with Gasteiger partial charge < -0.3 is 10.1 Å². The molecule has 1 aliphatic rings. The lowest BCUT2D eigenvalue weighted by molar-refractivity contribution is 0.166. The molecule has 0 spiro atoms. The summed E-state index contributed by atoms with van der Waals surface area (Å²) < 4.78 is 5.19. The highest BCUT2D eigenvalue weighted by molar-refractivity contribution is 5.45. The van der Waals surface area contributed by atoms with Gasteiger partial charge in [0.2, 0.25) is 0 Å². The molecule has 1 aromatic carbocycles. The zero-order valence-electron chi connectivity index (χ0n) is 12.4. The van der Waals surface area contributed by atoms with Gasteiger partial charge in [0.15, 0.2) is 0 Å². The number of rotatable bonds is 5. The number of piperidine rings is 1. The molecule has 0 radical (unpaired) electrons. The molecule has 1 heterocycles. The van der Waals surface area contributed by atoms with Gasteiger partial charge in [0.1, 0.15) is 11.8 Å². The van der Waals surface area contributed by atoms with E-state index in [0.717, 1.165) is 26.2 Å². The van der Waals surface area contributed by atoms with Crippen molar-refractivity contribution >= 4 is 0 Å². The number of nitriles is 1. The maximum Gasteiger partial charge on any atom is 0.136 e. The Morgan fingerprint density at radius 3 is 2.95 bits per heavy atom. The molecule has 1 fully saturated rings. The van der Waals surface area contributed by atoms with Crippen LogP contribution in [0.1, 0.15) is 30.9 Å².